The SMILES string of the molecule is CCCCC/C=C\C/C=C\CCCCCCCCOP(O)O. The summed E-state index contributed by atoms with van der Waals surface area (Å²) in [5, 5.41) is 0. The van der Waals surface area contributed by atoms with Crippen molar-refractivity contribution >= 4 is 8.60 Å². The van der Waals surface area contributed by atoms with E-state index in [2.05, 4.69) is 31.2 Å². The quantitative estimate of drug-likeness (QED) is 0.206. The lowest BCUT2D eigenvalue weighted by Gasteiger charge is -2.03. The lowest BCUT2D eigenvalue weighted by molar-refractivity contribution is 0.248. The van der Waals surface area contributed by atoms with Gasteiger partial charge in [-0.15, -0.1) is 0 Å². The lowest BCUT2D eigenvalue weighted by atomic mass is 10.1. The zero-order valence-electron chi connectivity index (χ0n) is 14.3. The first-order valence-corrected chi connectivity index (χ1v) is 10.0. The van der Waals surface area contributed by atoms with E-state index in [4.69, 9.17) is 14.3 Å². The zero-order chi connectivity index (χ0) is 16.3. The van der Waals surface area contributed by atoms with Crippen LogP contribution < -0.4 is 0 Å². The molecule has 0 aromatic rings. The van der Waals surface area contributed by atoms with Gasteiger partial charge < -0.3 is 14.3 Å². The summed E-state index contributed by atoms with van der Waals surface area (Å²) in [6.07, 6.45) is 23.7. The summed E-state index contributed by atoms with van der Waals surface area (Å²) in [5.74, 6) is 0. The fourth-order valence-electron chi connectivity index (χ4n) is 2.24. The van der Waals surface area contributed by atoms with Crippen LogP contribution in [0.1, 0.15) is 84.0 Å². The van der Waals surface area contributed by atoms with Crippen molar-refractivity contribution < 1.29 is 14.3 Å². The van der Waals surface area contributed by atoms with Crippen LogP contribution >= 0.6 is 8.60 Å². The Balaban J connectivity index is 3.14. The smallest absolute Gasteiger partial charge is 0.327 e. The van der Waals surface area contributed by atoms with Crippen molar-refractivity contribution in [2.24, 2.45) is 0 Å². The van der Waals surface area contributed by atoms with Gasteiger partial charge in [0.05, 0.1) is 6.61 Å². The molecule has 3 nitrogen and oxygen atoms in total. The van der Waals surface area contributed by atoms with E-state index in [9.17, 15) is 0 Å². The number of rotatable bonds is 16. The third-order valence-electron chi connectivity index (χ3n) is 3.55. The molecule has 0 fully saturated rings. The number of hydrogen-bond donors (Lipinski definition) is 2. The molecule has 0 aromatic carbocycles. The minimum absolute atomic E-state index is 0.466. The Morgan fingerprint density at radius 2 is 1.27 bits per heavy atom. The van der Waals surface area contributed by atoms with Crippen molar-refractivity contribution in [3.8, 4) is 0 Å². The van der Waals surface area contributed by atoms with Crippen LogP contribution in [-0.4, -0.2) is 16.4 Å². The van der Waals surface area contributed by atoms with Gasteiger partial charge in [-0.1, -0.05) is 69.8 Å². The van der Waals surface area contributed by atoms with Crippen molar-refractivity contribution in [2.45, 2.75) is 84.0 Å². The predicted molar refractivity (Wildman–Crippen MR) is 96.7 cm³/mol. The summed E-state index contributed by atoms with van der Waals surface area (Å²) in [5.41, 5.74) is 0. The van der Waals surface area contributed by atoms with Gasteiger partial charge >= 0.3 is 8.60 Å². The second-order valence-corrected chi connectivity index (χ2v) is 6.43. The molecule has 0 atom stereocenters. The molecule has 22 heavy (non-hydrogen) atoms. The van der Waals surface area contributed by atoms with Crippen LogP contribution in [0, 0.1) is 0 Å². The highest BCUT2D eigenvalue weighted by atomic mass is 31.2. The van der Waals surface area contributed by atoms with E-state index in [1.54, 1.807) is 0 Å². The van der Waals surface area contributed by atoms with Gasteiger partial charge in [-0.05, 0) is 38.5 Å². The maximum Gasteiger partial charge on any atom is 0.327 e. The summed E-state index contributed by atoms with van der Waals surface area (Å²) in [6.45, 7) is 2.71. The highest BCUT2D eigenvalue weighted by molar-refractivity contribution is 7.39. The molecule has 0 heterocycles. The highest BCUT2D eigenvalue weighted by Crippen LogP contribution is 2.24. The molecule has 0 aliphatic heterocycles. The van der Waals surface area contributed by atoms with Gasteiger partial charge in [0.15, 0.2) is 0 Å². The molecular formula is C18H35O3P. The maximum atomic E-state index is 8.57. The van der Waals surface area contributed by atoms with Gasteiger partial charge in [0, 0.05) is 0 Å². The van der Waals surface area contributed by atoms with E-state index in [0.29, 0.717) is 6.61 Å². The monoisotopic (exact) mass is 330 g/mol. The van der Waals surface area contributed by atoms with E-state index in [0.717, 1.165) is 19.3 Å². The van der Waals surface area contributed by atoms with Crippen molar-refractivity contribution in [1.82, 2.24) is 0 Å². The van der Waals surface area contributed by atoms with Gasteiger partial charge in [-0.3, -0.25) is 0 Å². The summed E-state index contributed by atoms with van der Waals surface area (Å²) < 4.78 is 4.72. The Hall–Kier alpha value is -0.210. The fraction of sp³-hybridized carbons (Fsp3) is 0.778. The summed E-state index contributed by atoms with van der Waals surface area (Å²) in [4.78, 5) is 17.1. The molecular weight excluding hydrogens is 295 g/mol. The van der Waals surface area contributed by atoms with Gasteiger partial charge in [-0.25, -0.2) is 0 Å². The Labute approximate surface area is 138 Å². The number of hydrogen-bond acceptors (Lipinski definition) is 3. The average Bonchev–Trinajstić information content (AvgIpc) is 2.50. The highest BCUT2D eigenvalue weighted by Gasteiger charge is 1.97. The molecule has 0 aliphatic carbocycles. The standard InChI is InChI=1S/C18H35O3P/c1-2-3-4-5-6-7-8-9-10-11-12-13-14-15-16-17-18-21-22(19)20/h6-7,9-10,19-20H,2-5,8,11-18H2,1H3/b7-6-,10-9-. The summed E-state index contributed by atoms with van der Waals surface area (Å²) in [6, 6.07) is 0. The third-order valence-corrected chi connectivity index (χ3v) is 3.97. The van der Waals surface area contributed by atoms with Crippen LogP contribution in [-0.2, 0) is 4.52 Å². The molecule has 0 radical (unpaired) electrons. The van der Waals surface area contributed by atoms with Crippen molar-refractivity contribution in [3.63, 3.8) is 0 Å². The van der Waals surface area contributed by atoms with E-state index < -0.39 is 8.60 Å². The Kier molecular flexibility index (Phi) is 18.7. The normalized spacial score (nSPS) is 12.2. The molecule has 0 aromatic heterocycles. The first kappa shape index (κ1) is 21.8. The van der Waals surface area contributed by atoms with Crippen LogP contribution in [0.25, 0.3) is 0 Å². The second-order valence-electron chi connectivity index (χ2n) is 5.67. The van der Waals surface area contributed by atoms with Gasteiger partial charge in [-0.2, -0.15) is 0 Å². The van der Waals surface area contributed by atoms with Crippen LogP contribution in [0.3, 0.4) is 0 Å². The molecule has 0 aliphatic rings. The average molecular weight is 330 g/mol. The predicted octanol–water partition coefficient (Wildman–Crippen LogP) is 6.03. The maximum absolute atomic E-state index is 8.57. The molecule has 0 saturated carbocycles. The van der Waals surface area contributed by atoms with Crippen LogP contribution in [0.15, 0.2) is 24.3 Å². The van der Waals surface area contributed by atoms with Gasteiger partial charge in [0.1, 0.15) is 0 Å². The zero-order valence-corrected chi connectivity index (χ0v) is 15.1. The minimum atomic E-state index is -2.16. The van der Waals surface area contributed by atoms with Crippen LogP contribution in [0.4, 0.5) is 0 Å². The summed E-state index contributed by atoms with van der Waals surface area (Å²) in [7, 11) is -2.16. The molecule has 2 N–H and O–H groups in total. The molecule has 0 unspecified atom stereocenters. The van der Waals surface area contributed by atoms with Crippen LogP contribution in [0.5, 0.6) is 0 Å². The Bertz CT molecular complexity index is 265. The molecule has 130 valence electrons. The number of unbranched alkanes of at least 4 members (excludes halogenated alkanes) is 9. The van der Waals surface area contributed by atoms with E-state index >= 15 is 0 Å². The van der Waals surface area contributed by atoms with Crippen LogP contribution in [0.2, 0.25) is 0 Å². The molecule has 0 bridgehead atoms. The minimum Gasteiger partial charge on any atom is -0.328 e. The molecule has 0 spiro atoms. The topological polar surface area (TPSA) is 49.7 Å². The fourth-order valence-corrected chi connectivity index (χ4v) is 2.53. The van der Waals surface area contributed by atoms with E-state index in [1.165, 1.54) is 57.8 Å². The molecule has 0 amide bonds. The Morgan fingerprint density at radius 3 is 1.86 bits per heavy atom. The van der Waals surface area contributed by atoms with E-state index in [1.807, 2.05) is 0 Å². The van der Waals surface area contributed by atoms with Gasteiger partial charge in [0.25, 0.3) is 0 Å². The number of allylic oxidation sites excluding steroid dienone is 4. The van der Waals surface area contributed by atoms with Crippen molar-refractivity contribution in [2.75, 3.05) is 6.61 Å². The third kappa shape index (κ3) is 19.8. The van der Waals surface area contributed by atoms with Crippen molar-refractivity contribution in [3.05, 3.63) is 24.3 Å². The van der Waals surface area contributed by atoms with E-state index in [-0.39, 0.29) is 0 Å². The first-order valence-electron chi connectivity index (χ1n) is 8.88. The largest absolute Gasteiger partial charge is 0.328 e. The summed E-state index contributed by atoms with van der Waals surface area (Å²) >= 11 is 0. The lowest BCUT2D eigenvalue weighted by Crippen LogP contribution is -1.89. The second kappa shape index (κ2) is 18.8. The first-order chi connectivity index (χ1) is 10.8. The molecule has 0 rings (SSSR count). The Morgan fingerprint density at radius 1 is 0.727 bits per heavy atom. The van der Waals surface area contributed by atoms with Crippen molar-refractivity contribution in [1.29, 1.82) is 0 Å². The molecule has 4 heteroatoms. The van der Waals surface area contributed by atoms with Gasteiger partial charge in [0.2, 0.25) is 0 Å². The molecule has 0 saturated heterocycles.